The van der Waals surface area contributed by atoms with Gasteiger partial charge in [0.2, 0.25) is 0 Å². The minimum atomic E-state index is -1.03. The molecule has 18 heavy (non-hydrogen) atoms. The number of ether oxygens (including phenoxy) is 1. The van der Waals surface area contributed by atoms with Crippen LogP contribution in [0, 0.1) is 0 Å². The van der Waals surface area contributed by atoms with E-state index in [-0.39, 0.29) is 19.2 Å². The van der Waals surface area contributed by atoms with Gasteiger partial charge in [-0.3, -0.25) is 0 Å². The van der Waals surface area contributed by atoms with Crippen LogP contribution in [0.2, 0.25) is 0 Å². The minimum Gasteiger partial charge on any atom is -0.479 e. The molecule has 0 aliphatic carbocycles. The molecule has 0 aromatic carbocycles. The van der Waals surface area contributed by atoms with Gasteiger partial charge in [0.25, 0.3) is 0 Å². The summed E-state index contributed by atoms with van der Waals surface area (Å²) in [6, 6.07) is -0.157. The molecule has 0 aromatic heterocycles. The third-order valence-corrected chi connectivity index (χ3v) is 2.73. The number of aliphatic carboxylic acids is 1. The maximum absolute atomic E-state index is 12.2. The van der Waals surface area contributed by atoms with Gasteiger partial charge in [-0.1, -0.05) is 12.2 Å². The minimum absolute atomic E-state index is 0.0981. The second kappa shape index (κ2) is 6.39. The predicted octanol–water partition coefficient (Wildman–Crippen LogP) is 0.790. The van der Waals surface area contributed by atoms with Gasteiger partial charge in [0, 0.05) is 19.6 Å². The second-order valence-corrected chi connectivity index (χ2v) is 4.40. The fraction of sp³-hybridized carbons (Fsp3) is 0.667. The normalized spacial score (nSPS) is 19.4. The van der Waals surface area contributed by atoms with E-state index in [1.807, 2.05) is 13.8 Å². The Balaban J connectivity index is 2.64. The smallest absolute Gasteiger partial charge is 0.334 e. The van der Waals surface area contributed by atoms with Gasteiger partial charge in [-0.05, 0) is 13.8 Å². The van der Waals surface area contributed by atoms with Crippen LogP contribution in [0.3, 0.4) is 0 Å². The lowest BCUT2D eigenvalue weighted by atomic mass is 10.2. The zero-order valence-corrected chi connectivity index (χ0v) is 10.9. The van der Waals surface area contributed by atoms with Crippen LogP contribution in [0.25, 0.3) is 0 Å². The van der Waals surface area contributed by atoms with E-state index in [1.54, 1.807) is 4.90 Å². The summed E-state index contributed by atoms with van der Waals surface area (Å²) >= 11 is 0. The van der Waals surface area contributed by atoms with Crippen LogP contribution in [0.5, 0.6) is 0 Å². The van der Waals surface area contributed by atoms with Crippen LogP contribution < -0.4 is 0 Å². The summed E-state index contributed by atoms with van der Waals surface area (Å²) < 4.78 is 5.08. The summed E-state index contributed by atoms with van der Waals surface area (Å²) in [6.07, 6.45) is -0.925. The molecule has 1 saturated heterocycles. The first-order valence-electron chi connectivity index (χ1n) is 5.98. The van der Waals surface area contributed by atoms with Crippen molar-refractivity contribution in [3.05, 3.63) is 12.2 Å². The first-order valence-corrected chi connectivity index (χ1v) is 5.98. The number of rotatable bonds is 4. The van der Waals surface area contributed by atoms with Crippen molar-refractivity contribution in [2.75, 3.05) is 32.8 Å². The number of carboxylic acid groups (broad SMARTS) is 1. The Bertz CT molecular complexity index is 343. The van der Waals surface area contributed by atoms with E-state index in [2.05, 4.69) is 6.58 Å². The lowest BCUT2D eigenvalue weighted by molar-refractivity contribution is -0.154. The highest BCUT2D eigenvalue weighted by molar-refractivity contribution is 5.77. The van der Waals surface area contributed by atoms with Crippen LogP contribution >= 0.6 is 0 Å². The van der Waals surface area contributed by atoms with Gasteiger partial charge in [-0.2, -0.15) is 0 Å². The predicted molar refractivity (Wildman–Crippen MR) is 66.4 cm³/mol. The number of nitrogens with zero attached hydrogens (tertiary/aromatic N) is 2. The monoisotopic (exact) mass is 256 g/mol. The van der Waals surface area contributed by atoms with Crippen molar-refractivity contribution in [3.8, 4) is 0 Å². The molecule has 1 atom stereocenters. The Morgan fingerprint density at radius 3 is 2.72 bits per heavy atom. The van der Waals surface area contributed by atoms with E-state index in [9.17, 15) is 9.59 Å². The summed E-state index contributed by atoms with van der Waals surface area (Å²) in [4.78, 5) is 26.2. The number of likely N-dealkylation sites (N-methyl/N-ethyl adjacent to an activating group) is 1. The zero-order valence-electron chi connectivity index (χ0n) is 10.9. The lowest BCUT2D eigenvalue weighted by Crippen LogP contribution is -2.53. The Morgan fingerprint density at radius 1 is 1.56 bits per heavy atom. The zero-order chi connectivity index (χ0) is 13.7. The van der Waals surface area contributed by atoms with Gasteiger partial charge in [-0.15, -0.1) is 0 Å². The maximum atomic E-state index is 12.2. The highest BCUT2D eigenvalue weighted by atomic mass is 16.5. The molecular formula is C12H20N2O4. The molecule has 1 fully saturated rings. The molecule has 1 N–H and O–H groups in total. The first kappa shape index (κ1) is 14.5. The van der Waals surface area contributed by atoms with Crippen molar-refractivity contribution in [2.24, 2.45) is 0 Å². The average molecular weight is 256 g/mol. The highest BCUT2D eigenvalue weighted by Crippen LogP contribution is 2.09. The maximum Gasteiger partial charge on any atom is 0.334 e. The van der Waals surface area contributed by atoms with Crippen molar-refractivity contribution < 1.29 is 19.4 Å². The van der Waals surface area contributed by atoms with Gasteiger partial charge < -0.3 is 19.6 Å². The van der Waals surface area contributed by atoms with Crippen molar-refractivity contribution in [1.82, 2.24) is 9.80 Å². The molecule has 6 heteroatoms. The second-order valence-electron chi connectivity index (χ2n) is 4.40. The number of carboxylic acids is 1. The van der Waals surface area contributed by atoms with Gasteiger partial charge in [0.15, 0.2) is 6.10 Å². The van der Waals surface area contributed by atoms with Crippen molar-refractivity contribution >= 4 is 12.0 Å². The van der Waals surface area contributed by atoms with E-state index in [0.29, 0.717) is 19.6 Å². The van der Waals surface area contributed by atoms with E-state index in [1.165, 1.54) is 4.90 Å². The Hall–Kier alpha value is -1.56. The molecular weight excluding hydrogens is 236 g/mol. The lowest BCUT2D eigenvalue weighted by Gasteiger charge is -2.34. The molecule has 0 saturated carbocycles. The summed E-state index contributed by atoms with van der Waals surface area (Å²) in [5.74, 6) is -1.03. The third-order valence-electron chi connectivity index (χ3n) is 2.73. The third kappa shape index (κ3) is 3.73. The number of carbonyl (C=O) groups is 2. The number of carbonyl (C=O) groups excluding carboxylic acids is 1. The van der Waals surface area contributed by atoms with E-state index >= 15 is 0 Å². The largest absolute Gasteiger partial charge is 0.479 e. The topological polar surface area (TPSA) is 70.1 Å². The molecule has 1 rings (SSSR count). The van der Waals surface area contributed by atoms with Crippen LogP contribution in [0.1, 0.15) is 13.8 Å². The van der Waals surface area contributed by atoms with Crippen molar-refractivity contribution in [3.63, 3.8) is 0 Å². The average Bonchev–Trinajstić information content (AvgIpc) is 2.35. The molecule has 0 aromatic rings. The van der Waals surface area contributed by atoms with E-state index in [0.717, 1.165) is 5.57 Å². The first-order chi connectivity index (χ1) is 8.45. The van der Waals surface area contributed by atoms with Gasteiger partial charge >= 0.3 is 12.0 Å². The summed E-state index contributed by atoms with van der Waals surface area (Å²) in [7, 11) is 0. The number of urea groups is 1. The Kier molecular flexibility index (Phi) is 5.15. The fourth-order valence-corrected chi connectivity index (χ4v) is 1.81. The fourth-order valence-electron chi connectivity index (χ4n) is 1.81. The van der Waals surface area contributed by atoms with E-state index in [4.69, 9.17) is 9.84 Å². The molecule has 1 aliphatic rings. The molecule has 1 unspecified atom stereocenters. The molecule has 1 heterocycles. The summed E-state index contributed by atoms with van der Waals surface area (Å²) in [6.45, 7) is 9.37. The SMILES string of the molecule is C=C(C)CN(CC)C(=O)N1CCOC(C(=O)O)C1. The molecule has 2 amide bonds. The van der Waals surface area contributed by atoms with Gasteiger partial charge in [-0.25, -0.2) is 9.59 Å². The van der Waals surface area contributed by atoms with Crippen LogP contribution in [-0.2, 0) is 9.53 Å². The van der Waals surface area contributed by atoms with E-state index < -0.39 is 12.1 Å². The summed E-state index contributed by atoms with van der Waals surface area (Å²) in [5, 5.41) is 8.89. The van der Waals surface area contributed by atoms with Crippen molar-refractivity contribution in [2.45, 2.75) is 20.0 Å². The molecule has 102 valence electrons. The van der Waals surface area contributed by atoms with Crippen LogP contribution in [-0.4, -0.2) is 65.8 Å². The van der Waals surface area contributed by atoms with Gasteiger partial charge in [0.05, 0.1) is 13.2 Å². The quantitative estimate of drug-likeness (QED) is 0.755. The number of hydrogen-bond donors (Lipinski definition) is 1. The molecule has 0 bridgehead atoms. The number of hydrogen-bond acceptors (Lipinski definition) is 3. The van der Waals surface area contributed by atoms with Crippen LogP contribution in [0.4, 0.5) is 4.79 Å². The Morgan fingerprint density at radius 2 is 2.22 bits per heavy atom. The Labute approximate surface area is 107 Å². The summed E-state index contributed by atoms with van der Waals surface area (Å²) in [5.41, 5.74) is 0.897. The molecule has 6 nitrogen and oxygen atoms in total. The molecule has 1 aliphatic heterocycles. The van der Waals surface area contributed by atoms with Crippen molar-refractivity contribution in [1.29, 1.82) is 0 Å². The van der Waals surface area contributed by atoms with Crippen LogP contribution in [0.15, 0.2) is 12.2 Å². The van der Waals surface area contributed by atoms with Gasteiger partial charge in [0.1, 0.15) is 0 Å². The number of morpholine rings is 1. The molecule has 0 radical (unpaired) electrons. The molecule has 0 spiro atoms. The number of amides is 2. The standard InChI is InChI=1S/C12H20N2O4/c1-4-13(7-9(2)3)12(17)14-5-6-18-10(8-14)11(15)16/h10H,2,4-8H2,1,3H3,(H,15,16). The highest BCUT2D eigenvalue weighted by Gasteiger charge is 2.30.